The van der Waals surface area contributed by atoms with Crippen molar-refractivity contribution in [3.8, 4) is 0 Å². The van der Waals surface area contributed by atoms with Crippen LogP contribution in [-0.4, -0.2) is 36.0 Å². The molecule has 23 heavy (non-hydrogen) atoms. The van der Waals surface area contributed by atoms with Gasteiger partial charge in [0, 0.05) is 24.7 Å². The van der Waals surface area contributed by atoms with E-state index in [1.165, 1.54) is 31.2 Å². The van der Waals surface area contributed by atoms with E-state index in [9.17, 15) is 0 Å². The van der Waals surface area contributed by atoms with Crippen LogP contribution >= 0.6 is 0 Å². The molecule has 1 aliphatic rings. The highest BCUT2D eigenvalue weighted by molar-refractivity contribution is 5.78. The summed E-state index contributed by atoms with van der Waals surface area (Å²) >= 11 is 0. The molecule has 128 valence electrons. The molecular formula is C19H32N4. The molecule has 0 amide bonds. The molecule has 1 saturated carbocycles. The molecule has 0 radical (unpaired) electrons. The van der Waals surface area contributed by atoms with Crippen molar-refractivity contribution in [2.45, 2.75) is 58.0 Å². The Morgan fingerprint density at radius 3 is 2.39 bits per heavy atom. The van der Waals surface area contributed by atoms with Crippen LogP contribution in [0.25, 0.3) is 0 Å². The van der Waals surface area contributed by atoms with E-state index in [2.05, 4.69) is 61.3 Å². The number of hydrogen-bond acceptors (Lipinski definition) is 2. The van der Waals surface area contributed by atoms with Gasteiger partial charge in [-0.25, -0.2) is 0 Å². The van der Waals surface area contributed by atoms with Gasteiger partial charge in [-0.05, 0) is 39.2 Å². The van der Waals surface area contributed by atoms with Gasteiger partial charge < -0.3 is 16.0 Å². The molecule has 4 heteroatoms. The van der Waals surface area contributed by atoms with Crippen molar-refractivity contribution in [2.75, 3.05) is 19.6 Å². The fourth-order valence-corrected chi connectivity index (χ4v) is 3.56. The average molecular weight is 316 g/mol. The second-order valence-electron chi connectivity index (χ2n) is 6.61. The maximum Gasteiger partial charge on any atom is 0.191 e. The Bertz CT molecular complexity index is 487. The number of hydrogen-bond donors (Lipinski definition) is 2. The second kappa shape index (κ2) is 8.34. The molecule has 1 aromatic rings. The highest BCUT2D eigenvalue weighted by Crippen LogP contribution is 2.32. The molecule has 0 aromatic heterocycles. The number of nitrogens with one attached hydrogen (secondary N) is 1. The summed E-state index contributed by atoms with van der Waals surface area (Å²) in [5.74, 6) is 0.676. The van der Waals surface area contributed by atoms with Crippen LogP contribution in [0.1, 0.15) is 58.1 Å². The van der Waals surface area contributed by atoms with Crippen molar-refractivity contribution < 1.29 is 0 Å². The number of aliphatic imine (C=N–C) groups is 1. The van der Waals surface area contributed by atoms with Crippen LogP contribution in [-0.2, 0) is 0 Å². The Morgan fingerprint density at radius 1 is 1.22 bits per heavy atom. The van der Waals surface area contributed by atoms with Crippen molar-refractivity contribution in [2.24, 2.45) is 10.7 Å². The molecule has 2 rings (SSSR count). The molecule has 0 bridgehead atoms. The largest absolute Gasteiger partial charge is 0.370 e. The summed E-state index contributed by atoms with van der Waals surface area (Å²) in [6.07, 6.45) is 4.91. The summed E-state index contributed by atoms with van der Waals surface area (Å²) in [5.41, 5.74) is 7.59. The van der Waals surface area contributed by atoms with Gasteiger partial charge in [0.05, 0.1) is 6.54 Å². The fraction of sp³-hybridized carbons (Fsp3) is 0.632. The number of nitrogens with zero attached hydrogens (tertiary/aromatic N) is 2. The van der Waals surface area contributed by atoms with Crippen molar-refractivity contribution in [1.29, 1.82) is 0 Å². The Hall–Kier alpha value is -1.55. The first-order chi connectivity index (χ1) is 11.1. The van der Waals surface area contributed by atoms with Gasteiger partial charge in [0.1, 0.15) is 0 Å². The minimum absolute atomic E-state index is 0.0903. The first-order valence-corrected chi connectivity index (χ1v) is 8.97. The summed E-state index contributed by atoms with van der Waals surface area (Å²) in [6.45, 7) is 9.07. The van der Waals surface area contributed by atoms with Crippen molar-refractivity contribution in [3.05, 3.63) is 35.9 Å². The maximum atomic E-state index is 6.17. The zero-order valence-electron chi connectivity index (χ0n) is 14.9. The number of nitrogens with two attached hydrogens (primary N) is 1. The quantitative estimate of drug-likeness (QED) is 0.599. The van der Waals surface area contributed by atoms with E-state index in [-0.39, 0.29) is 5.54 Å². The SMILES string of the molecule is CCN(CC)C(N)=NCC1(NC(C)c2ccccc2)CCCC1. The van der Waals surface area contributed by atoms with Gasteiger partial charge in [0.25, 0.3) is 0 Å². The molecule has 1 aliphatic carbocycles. The first-order valence-electron chi connectivity index (χ1n) is 8.97. The Kier molecular flexibility index (Phi) is 6.46. The Morgan fingerprint density at radius 2 is 1.83 bits per heavy atom. The van der Waals surface area contributed by atoms with E-state index in [0.717, 1.165) is 19.6 Å². The molecule has 1 unspecified atom stereocenters. The third kappa shape index (κ3) is 4.71. The van der Waals surface area contributed by atoms with Gasteiger partial charge >= 0.3 is 0 Å². The van der Waals surface area contributed by atoms with Crippen LogP contribution in [0.3, 0.4) is 0 Å². The van der Waals surface area contributed by atoms with Crippen LogP contribution in [0, 0.1) is 0 Å². The standard InChI is InChI=1S/C19H32N4/c1-4-23(5-2)18(20)21-15-19(13-9-10-14-19)22-16(3)17-11-7-6-8-12-17/h6-8,11-12,16,22H,4-5,9-10,13-15H2,1-3H3,(H2,20,21). The lowest BCUT2D eigenvalue weighted by Crippen LogP contribution is -2.48. The minimum Gasteiger partial charge on any atom is -0.370 e. The van der Waals surface area contributed by atoms with Gasteiger partial charge in [-0.1, -0.05) is 43.2 Å². The van der Waals surface area contributed by atoms with Crippen molar-refractivity contribution in [3.63, 3.8) is 0 Å². The van der Waals surface area contributed by atoms with Crippen LogP contribution in [0.5, 0.6) is 0 Å². The molecule has 1 aromatic carbocycles. The summed E-state index contributed by atoms with van der Waals surface area (Å²) in [5, 5.41) is 3.86. The lowest BCUT2D eigenvalue weighted by Gasteiger charge is -2.33. The van der Waals surface area contributed by atoms with Crippen LogP contribution in [0.2, 0.25) is 0 Å². The number of guanidine groups is 1. The van der Waals surface area contributed by atoms with Gasteiger partial charge in [0.2, 0.25) is 0 Å². The summed E-state index contributed by atoms with van der Waals surface area (Å²) < 4.78 is 0. The minimum atomic E-state index is 0.0903. The summed E-state index contributed by atoms with van der Waals surface area (Å²) in [4.78, 5) is 6.84. The fourth-order valence-electron chi connectivity index (χ4n) is 3.56. The molecule has 0 spiro atoms. The zero-order valence-corrected chi connectivity index (χ0v) is 14.9. The topological polar surface area (TPSA) is 53.6 Å². The van der Waals surface area contributed by atoms with Crippen LogP contribution < -0.4 is 11.1 Å². The second-order valence-corrected chi connectivity index (χ2v) is 6.61. The highest BCUT2D eigenvalue weighted by atomic mass is 15.2. The third-order valence-electron chi connectivity index (χ3n) is 5.01. The van der Waals surface area contributed by atoms with E-state index in [0.29, 0.717) is 12.0 Å². The molecule has 0 aliphatic heterocycles. The molecule has 3 N–H and O–H groups in total. The molecule has 0 saturated heterocycles. The van der Waals surface area contributed by atoms with Gasteiger partial charge in [-0.2, -0.15) is 0 Å². The molecular weight excluding hydrogens is 284 g/mol. The van der Waals surface area contributed by atoms with E-state index in [1.54, 1.807) is 0 Å². The van der Waals surface area contributed by atoms with E-state index >= 15 is 0 Å². The monoisotopic (exact) mass is 316 g/mol. The highest BCUT2D eigenvalue weighted by Gasteiger charge is 2.35. The van der Waals surface area contributed by atoms with E-state index in [1.807, 2.05) is 0 Å². The maximum absolute atomic E-state index is 6.17. The normalized spacial score (nSPS) is 18.8. The lowest BCUT2D eigenvalue weighted by molar-refractivity contribution is 0.306. The average Bonchev–Trinajstić information content (AvgIpc) is 3.04. The molecule has 1 fully saturated rings. The Balaban J connectivity index is 2.06. The van der Waals surface area contributed by atoms with E-state index in [4.69, 9.17) is 10.7 Å². The smallest absolute Gasteiger partial charge is 0.191 e. The van der Waals surface area contributed by atoms with Crippen LogP contribution in [0.4, 0.5) is 0 Å². The molecule has 4 nitrogen and oxygen atoms in total. The van der Waals surface area contributed by atoms with Crippen molar-refractivity contribution >= 4 is 5.96 Å². The first kappa shape index (κ1) is 17.8. The molecule has 0 heterocycles. The van der Waals surface area contributed by atoms with Crippen LogP contribution in [0.15, 0.2) is 35.3 Å². The number of rotatable bonds is 7. The summed E-state index contributed by atoms with van der Waals surface area (Å²) in [6, 6.07) is 11.0. The predicted molar refractivity (Wildman–Crippen MR) is 98.6 cm³/mol. The Labute approximate surface area is 141 Å². The lowest BCUT2D eigenvalue weighted by atomic mass is 9.95. The molecule has 1 atom stereocenters. The van der Waals surface area contributed by atoms with E-state index < -0.39 is 0 Å². The van der Waals surface area contributed by atoms with Gasteiger partial charge in [-0.3, -0.25) is 4.99 Å². The summed E-state index contributed by atoms with van der Waals surface area (Å²) in [7, 11) is 0. The number of benzene rings is 1. The third-order valence-corrected chi connectivity index (χ3v) is 5.01. The zero-order chi connectivity index (χ0) is 16.7. The predicted octanol–water partition coefficient (Wildman–Crippen LogP) is 3.31. The van der Waals surface area contributed by atoms with Crippen molar-refractivity contribution in [1.82, 2.24) is 10.2 Å². The van der Waals surface area contributed by atoms with Gasteiger partial charge in [-0.15, -0.1) is 0 Å². The van der Waals surface area contributed by atoms with Gasteiger partial charge in [0.15, 0.2) is 5.96 Å².